The van der Waals surface area contributed by atoms with Crippen LogP contribution in [0.2, 0.25) is 5.02 Å². The SMILES string of the molecule is COc1ccc(C(O)C2COCCO2)cc1Cl. The van der Waals surface area contributed by atoms with Crippen LogP contribution in [0.5, 0.6) is 5.75 Å². The van der Waals surface area contributed by atoms with E-state index in [4.69, 9.17) is 25.8 Å². The summed E-state index contributed by atoms with van der Waals surface area (Å²) < 4.78 is 15.8. The van der Waals surface area contributed by atoms with Gasteiger partial charge in [0.1, 0.15) is 18.0 Å². The maximum absolute atomic E-state index is 10.1. The van der Waals surface area contributed by atoms with Crippen LogP contribution in [0.1, 0.15) is 11.7 Å². The lowest BCUT2D eigenvalue weighted by atomic mass is 10.0. The topological polar surface area (TPSA) is 47.9 Å². The van der Waals surface area contributed by atoms with E-state index in [0.717, 1.165) is 0 Å². The van der Waals surface area contributed by atoms with Gasteiger partial charge in [-0.3, -0.25) is 0 Å². The summed E-state index contributed by atoms with van der Waals surface area (Å²) in [5.74, 6) is 0.587. The molecular formula is C12H15ClO4. The predicted octanol–water partition coefficient (Wildman–Crippen LogP) is 1.80. The number of rotatable bonds is 3. The molecule has 1 aromatic rings. The summed E-state index contributed by atoms with van der Waals surface area (Å²) >= 11 is 6.00. The molecule has 94 valence electrons. The Morgan fingerprint density at radius 2 is 2.29 bits per heavy atom. The Labute approximate surface area is 105 Å². The van der Waals surface area contributed by atoms with Crippen molar-refractivity contribution in [2.75, 3.05) is 26.9 Å². The molecule has 1 saturated heterocycles. The first-order valence-electron chi connectivity index (χ1n) is 5.43. The van der Waals surface area contributed by atoms with Crippen LogP contribution in [0.3, 0.4) is 0 Å². The summed E-state index contributed by atoms with van der Waals surface area (Å²) in [6.07, 6.45) is -1.08. The molecule has 1 N–H and O–H groups in total. The van der Waals surface area contributed by atoms with E-state index in [0.29, 0.717) is 36.2 Å². The van der Waals surface area contributed by atoms with E-state index < -0.39 is 6.10 Å². The van der Waals surface area contributed by atoms with Crippen molar-refractivity contribution < 1.29 is 19.3 Å². The molecule has 0 aromatic heterocycles. The molecule has 2 rings (SSSR count). The molecule has 5 heteroatoms. The van der Waals surface area contributed by atoms with E-state index in [1.165, 1.54) is 0 Å². The Bertz CT molecular complexity index is 377. The van der Waals surface area contributed by atoms with E-state index in [2.05, 4.69) is 0 Å². The third-order valence-corrected chi connectivity index (χ3v) is 3.01. The van der Waals surface area contributed by atoms with Gasteiger partial charge in [0.2, 0.25) is 0 Å². The van der Waals surface area contributed by atoms with Crippen molar-refractivity contribution in [3.8, 4) is 5.75 Å². The molecule has 1 heterocycles. The van der Waals surface area contributed by atoms with Gasteiger partial charge in [-0.2, -0.15) is 0 Å². The number of aliphatic hydroxyl groups excluding tert-OH is 1. The number of aliphatic hydroxyl groups is 1. The van der Waals surface area contributed by atoms with Gasteiger partial charge in [-0.05, 0) is 17.7 Å². The lowest BCUT2D eigenvalue weighted by Gasteiger charge is -2.27. The first-order valence-corrected chi connectivity index (χ1v) is 5.81. The zero-order chi connectivity index (χ0) is 12.3. The fraction of sp³-hybridized carbons (Fsp3) is 0.500. The zero-order valence-electron chi connectivity index (χ0n) is 9.56. The van der Waals surface area contributed by atoms with Crippen LogP contribution in [0.25, 0.3) is 0 Å². The maximum atomic E-state index is 10.1. The summed E-state index contributed by atoms with van der Waals surface area (Å²) in [5, 5.41) is 10.6. The fourth-order valence-corrected chi connectivity index (χ4v) is 2.04. The molecular weight excluding hydrogens is 244 g/mol. The Morgan fingerprint density at radius 3 is 2.88 bits per heavy atom. The number of hydrogen-bond donors (Lipinski definition) is 1. The van der Waals surface area contributed by atoms with Gasteiger partial charge in [-0.15, -0.1) is 0 Å². The van der Waals surface area contributed by atoms with Crippen LogP contribution in [-0.4, -0.2) is 38.1 Å². The van der Waals surface area contributed by atoms with Crippen molar-refractivity contribution in [3.63, 3.8) is 0 Å². The smallest absolute Gasteiger partial charge is 0.137 e. The highest BCUT2D eigenvalue weighted by Gasteiger charge is 2.25. The first-order chi connectivity index (χ1) is 8.22. The van der Waals surface area contributed by atoms with Crippen LogP contribution >= 0.6 is 11.6 Å². The molecule has 2 atom stereocenters. The number of hydrogen-bond acceptors (Lipinski definition) is 4. The minimum absolute atomic E-state index is 0.340. The minimum atomic E-state index is -0.737. The summed E-state index contributed by atoms with van der Waals surface area (Å²) in [6, 6.07) is 5.18. The summed E-state index contributed by atoms with van der Waals surface area (Å²) in [5.41, 5.74) is 0.700. The molecule has 0 radical (unpaired) electrons. The van der Waals surface area contributed by atoms with Gasteiger partial charge >= 0.3 is 0 Å². The number of benzene rings is 1. The Hall–Kier alpha value is -0.810. The molecule has 1 aliphatic rings. The normalized spacial score (nSPS) is 22.2. The molecule has 0 amide bonds. The van der Waals surface area contributed by atoms with Gasteiger partial charge < -0.3 is 19.3 Å². The van der Waals surface area contributed by atoms with E-state index in [1.54, 1.807) is 25.3 Å². The maximum Gasteiger partial charge on any atom is 0.137 e. The second-order valence-electron chi connectivity index (χ2n) is 3.82. The van der Waals surface area contributed by atoms with Crippen molar-refractivity contribution in [1.29, 1.82) is 0 Å². The second kappa shape index (κ2) is 5.69. The fourth-order valence-electron chi connectivity index (χ4n) is 1.77. The van der Waals surface area contributed by atoms with Crippen molar-refractivity contribution in [1.82, 2.24) is 0 Å². The van der Waals surface area contributed by atoms with E-state index in [9.17, 15) is 5.11 Å². The quantitative estimate of drug-likeness (QED) is 0.898. The number of methoxy groups -OCH3 is 1. The van der Waals surface area contributed by atoms with Crippen LogP contribution in [0.15, 0.2) is 18.2 Å². The summed E-state index contributed by atoms with van der Waals surface area (Å²) in [4.78, 5) is 0. The van der Waals surface area contributed by atoms with Gasteiger partial charge in [0.25, 0.3) is 0 Å². The average molecular weight is 259 g/mol. The molecule has 1 aromatic carbocycles. The van der Waals surface area contributed by atoms with E-state index in [1.807, 2.05) is 0 Å². The molecule has 1 fully saturated rings. The summed E-state index contributed by atoms with van der Waals surface area (Å²) in [7, 11) is 1.55. The molecule has 1 aliphatic heterocycles. The van der Waals surface area contributed by atoms with Crippen LogP contribution in [0, 0.1) is 0 Å². The lowest BCUT2D eigenvalue weighted by molar-refractivity contribution is -0.133. The van der Waals surface area contributed by atoms with Gasteiger partial charge in [-0.1, -0.05) is 17.7 Å². The molecule has 0 spiro atoms. The van der Waals surface area contributed by atoms with Crippen molar-refractivity contribution >= 4 is 11.6 Å². The Kier molecular flexibility index (Phi) is 4.23. The molecule has 0 aliphatic carbocycles. The first kappa shape index (κ1) is 12.6. The largest absolute Gasteiger partial charge is 0.495 e. The standard InChI is InChI=1S/C12H15ClO4/c1-15-10-3-2-8(6-9(10)13)12(14)11-7-16-4-5-17-11/h2-3,6,11-12,14H,4-5,7H2,1H3. The third kappa shape index (κ3) is 2.90. The van der Waals surface area contributed by atoms with Crippen LogP contribution in [0.4, 0.5) is 0 Å². The predicted molar refractivity (Wildman–Crippen MR) is 63.5 cm³/mol. The molecule has 0 saturated carbocycles. The minimum Gasteiger partial charge on any atom is -0.495 e. The summed E-state index contributed by atoms with van der Waals surface area (Å²) in [6.45, 7) is 1.48. The highest BCUT2D eigenvalue weighted by atomic mass is 35.5. The molecule has 17 heavy (non-hydrogen) atoms. The van der Waals surface area contributed by atoms with Gasteiger partial charge in [0.05, 0.1) is 32.0 Å². The van der Waals surface area contributed by atoms with Gasteiger partial charge in [0.15, 0.2) is 0 Å². The monoisotopic (exact) mass is 258 g/mol. The second-order valence-corrected chi connectivity index (χ2v) is 4.23. The van der Waals surface area contributed by atoms with Crippen LogP contribution in [-0.2, 0) is 9.47 Å². The highest BCUT2D eigenvalue weighted by molar-refractivity contribution is 6.32. The van der Waals surface area contributed by atoms with Crippen molar-refractivity contribution in [2.45, 2.75) is 12.2 Å². The zero-order valence-corrected chi connectivity index (χ0v) is 10.3. The van der Waals surface area contributed by atoms with Gasteiger partial charge in [-0.25, -0.2) is 0 Å². The molecule has 0 bridgehead atoms. The molecule has 2 unspecified atom stereocenters. The average Bonchev–Trinajstić information content (AvgIpc) is 2.39. The highest BCUT2D eigenvalue weighted by Crippen LogP contribution is 2.29. The number of ether oxygens (including phenoxy) is 3. The van der Waals surface area contributed by atoms with E-state index in [-0.39, 0.29) is 6.10 Å². The van der Waals surface area contributed by atoms with Gasteiger partial charge in [0, 0.05) is 0 Å². The van der Waals surface area contributed by atoms with Crippen molar-refractivity contribution in [2.24, 2.45) is 0 Å². The third-order valence-electron chi connectivity index (χ3n) is 2.71. The Morgan fingerprint density at radius 1 is 1.47 bits per heavy atom. The lowest BCUT2D eigenvalue weighted by Crippen LogP contribution is -2.33. The van der Waals surface area contributed by atoms with Crippen LogP contribution < -0.4 is 4.74 Å². The Balaban J connectivity index is 2.12. The number of halogens is 1. The van der Waals surface area contributed by atoms with Crippen molar-refractivity contribution in [3.05, 3.63) is 28.8 Å². The molecule has 4 nitrogen and oxygen atoms in total. The van der Waals surface area contributed by atoms with E-state index >= 15 is 0 Å².